The summed E-state index contributed by atoms with van der Waals surface area (Å²) >= 11 is 0. The fourth-order valence-corrected chi connectivity index (χ4v) is 3.47. The number of hydrogen-bond donors (Lipinski definition) is 1. The fraction of sp³-hybridized carbons (Fsp3) is 0.273. The molecule has 1 atom stereocenters. The molecule has 0 saturated carbocycles. The maximum atomic E-state index is 12.5. The van der Waals surface area contributed by atoms with Crippen LogP contribution < -0.4 is 0 Å². The number of sulfone groups is 1. The zero-order valence-electron chi connectivity index (χ0n) is 9.19. The molecule has 1 aliphatic heterocycles. The first-order valence-electron chi connectivity index (χ1n) is 5.00. The predicted molar refractivity (Wildman–Crippen MR) is 58.3 cm³/mol. The van der Waals surface area contributed by atoms with E-state index in [2.05, 4.69) is 0 Å². The van der Waals surface area contributed by atoms with Crippen molar-refractivity contribution in [3.8, 4) is 0 Å². The highest BCUT2D eigenvalue weighted by Gasteiger charge is 2.36. The molecule has 0 radical (unpaired) electrons. The van der Waals surface area contributed by atoms with Crippen molar-refractivity contribution in [1.82, 2.24) is 0 Å². The molecular formula is C11H9F3O3S. The van der Waals surface area contributed by atoms with Crippen LogP contribution in [0.25, 0.3) is 6.08 Å². The van der Waals surface area contributed by atoms with Crippen LogP contribution in [-0.2, 0) is 16.0 Å². The molecule has 3 nitrogen and oxygen atoms in total. The van der Waals surface area contributed by atoms with Gasteiger partial charge in [-0.05, 0) is 30.7 Å². The van der Waals surface area contributed by atoms with Crippen molar-refractivity contribution in [2.75, 3.05) is 0 Å². The number of rotatable bonds is 1. The Morgan fingerprint density at radius 3 is 2.39 bits per heavy atom. The summed E-state index contributed by atoms with van der Waals surface area (Å²) in [5.41, 5.74) is -0.857. The first kappa shape index (κ1) is 13.1. The summed E-state index contributed by atoms with van der Waals surface area (Å²) in [6.07, 6.45) is -4.66. The van der Waals surface area contributed by atoms with Crippen molar-refractivity contribution >= 4 is 15.9 Å². The summed E-state index contributed by atoms with van der Waals surface area (Å²) in [4.78, 5) is -0.690. The van der Waals surface area contributed by atoms with E-state index >= 15 is 0 Å². The van der Waals surface area contributed by atoms with Gasteiger partial charge in [-0.1, -0.05) is 6.07 Å². The molecule has 0 aromatic heterocycles. The highest BCUT2D eigenvalue weighted by Crippen LogP contribution is 2.38. The molecule has 1 aromatic rings. The van der Waals surface area contributed by atoms with E-state index in [4.69, 9.17) is 0 Å². The van der Waals surface area contributed by atoms with E-state index < -0.39 is 32.6 Å². The highest BCUT2D eigenvalue weighted by atomic mass is 32.2. The van der Waals surface area contributed by atoms with E-state index in [1.807, 2.05) is 0 Å². The minimum Gasteiger partial charge on any atom is -0.388 e. The smallest absolute Gasteiger partial charge is 0.388 e. The molecule has 0 saturated heterocycles. The quantitative estimate of drug-likeness (QED) is 0.857. The van der Waals surface area contributed by atoms with Crippen LogP contribution in [0.5, 0.6) is 0 Å². The standard InChI is InChI=1S/C11H9F3O3S/c1-6(15)9-4-7-2-3-8(11(12,13)14)5-10(7)18(9,16)17/h2-6,15H,1H3. The van der Waals surface area contributed by atoms with Gasteiger partial charge in [0.15, 0.2) is 0 Å². The number of aliphatic hydroxyl groups excluding tert-OH is 1. The Labute approximate surface area is 101 Å². The Morgan fingerprint density at radius 1 is 1.28 bits per heavy atom. The summed E-state index contributed by atoms with van der Waals surface area (Å²) < 4.78 is 61.3. The number of halogens is 3. The molecule has 98 valence electrons. The molecule has 0 aliphatic carbocycles. The number of fused-ring (bicyclic) bond motifs is 1. The molecule has 2 rings (SSSR count). The average Bonchev–Trinajstić information content (AvgIpc) is 2.49. The lowest BCUT2D eigenvalue weighted by atomic mass is 10.1. The second-order valence-corrected chi connectivity index (χ2v) is 5.89. The molecule has 1 heterocycles. The lowest BCUT2D eigenvalue weighted by Gasteiger charge is -2.09. The Balaban J connectivity index is 2.62. The van der Waals surface area contributed by atoms with E-state index in [9.17, 15) is 26.7 Å². The van der Waals surface area contributed by atoms with Gasteiger partial charge in [-0.15, -0.1) is 0 Å². The van der Waals surface area contributed by atoms with Crippen molar-refractivity contribution < 1.29 is 26.7 Å². The first-order valence-corrected chi connectivity index (χ1v) is 6.48. The monoisotopic (exact) mass is 278 g/mol. The molecule has 1 aromatic carbocycles. The molecule has 1 unspecified atom stereocenters. The summed E-state index contributed by atoms with van der Waals surface area (Å²) in [7, 11) is -4.02. The van der Waals surface area contributed by atoms with Gasteiger partial charge in [0.25, 0.3) is 0 Å². The van der Waals surface area contributed by atoms with E-state index in [1.54, 1.807) is 0 Å². The normalized spacial score (nSPS) is 19.3. The SMILES string of the molecule is CC(O)C1=Cc2ccc(C(F)(F)F)cc2S1(=O)=O. The third-order valence-corrected chi connectivity index (χ3v) is 4.66. The van der Waals surface area contributed by atoms with Gasteiger partial charge in [-0.25, -0.2) is 8.42 Å². The molecule has 1 N–H and O–H groups in total. The number of aliphatic hydroxyl groups is 1. The predicted octanol–water partition coefficient (Wildman–Crippen LogP) is 2.21. The first-order chi connectivity index (χ1) is 8.14. The summed E-state index contributed by atoms with van der Waals surface area (Å²) in [5.74, 6) is 0. The van der Waals surface area contributed by atoms with Gasteiger partial charge in [0, 0.05) is 0 Å². The van der Waals surface area contributed by atoms with Gasteiger partial charge in [-0.3, -0.25) is 0 Å². The second kappa shape index (κ2) is 3.83. The number of benzene rings is 1. The summed E-state index contributed by atoms with van der Waals surface area (Å²) in [6, 6.07) is 2.50. The highest BCUT2D eigenvalue weighted by molar-refractivity contribution is 7.96. The van der Waals surface area contributed by atoms with Crippen molar-refractivity contribution in [1.29, 1.82) is 0 Å². The Bertz CT molecular complexity index is 627. The Hall–Kier alpha value is -1.34. The minimum atomic E-state index is -4.60. The molecule has 18 heavy (non-hydrogen) atoms. The van der Waals surface area contributed by atoms with Crippen LogP contribution in [0.1, 0.15) is 18.1 Å². The van der Waals surface area contributed by atoms with E-state index in [1.165, 1.54) is 13.0 Å². The van der Waals surface area contributed by atoms with Gasteiger partial charge < -0.3 is 5.11 Å². The zero-order valence-corrected chi connectivity index (χ0v) is 10.0. The van der Waals surface area contributed by atoms with Gasteiger partial charge in [0.1, 0.15) is 0 Å². The third kappa shape index (κ3) is 1.93. The lowest BCUT2D eigenvalue weighted by molar-refractivity contribution is -0.137. The van der Waals surface area contributed by atoms with Crippen LogP contribution in [0, 0.1) is 0 Å². The van der Waals surface area contributed by atoms with Crippen molar-refractivity contribution in [2.45, 2.75) is 24.1 Å². The molecule has 0 fully saturated rings. The molecular weight excluding hydrogens is 269 g/mol. The van der Waals surface area contributed by atoms with Gasteiger partial charge in [0.05, 0.1) is 21.5 Å². The second-order valence-electron chi connectivity index (χ2n) is 3.98. The largest absolute Gasteiger partial charge is 0.416 e. The van der Waals surface area contributed by atoms with Crippen molar-refractivity contribution in [3.63, 3.8) is 0 Å². The third-order valence-electron chi connectivity index (χ3n) is 2.65. The average molecular weight is 278 g/mol. The number of hydrogen-bond acceptors (Lipinski definition) is 3. The van der Waals surface area contributed by atoms with Crippen molar-refractivity contribution in [3.05, 3.63) is 34.2 Å². The lowest BCUT2D eigenvalue weighted by Crippen LogP contribution is -2.13. The fourth-order valence-electron chi connectivity index (χ4n) is 1.77. The Morgan fingerprint density at radius 2 is 1.89 bits per heavy atom. The zero-order chi connectivity index (χ0) is 13.7. The molecule has 1 aliphatic rings. The molecule has 0 amide bonds. The molecule has 7 heteroatoms. The van der Waals surface area contributed by atoms with Crippen LogP contribution in [-0.4, -0.2) is 19.6 Å². The topological polar surface area (TPSA) is 54.4 Å². The Kier molecular flexibility index (Phi) is 2.78. The van der Waals surface area contributed by atoms with E-state index in [-0.39, 0.29) is 10.5 Å². The van der Waals surface area contributed by atoms with Gasteiger partial charge >= 0.3 is 6.18 Å². The summed E-state index contributed by atoms with van der Waals surface area (Å²) in [6.45, 7) is 1.25. The van der Waals surface area contributed by atoms with Gasteiger partial charge in [0.2, 0.25) is 9.84 Å². The van der Waals surface area contributed by atoms with E-state index in [0.717, 1.165) is 12.1 Å². The maximum Gasteiger partial charge on any atom is 0.416 e. The van der Waals surface area contributed by atoms with Crippen LogP contribution in [0.3, 0.4) is 0 Å². The van der Waals surface area contributed by atoms with Crippen molar-refractivity contribution in [2.24, 2.45) is 0 Å². The van der Waals surface area contributed by atoms with Gasteiger partial charge in [-0.2, -0.15) is 13.2 Å². The van der Waals surface area contributed by atoms with Crippen LogP contribution in [0.2, 0.25) is 0 Å². The summed E-state index contributed by atoms with van der Waals surface area (Å²) in [5, 5.41) is 9.32. The maximum absolute atomic E-state index is 12.5. The van der Waals surface area contributed by atoms with Crippen LogP contribution >= 0.6 is 0 Å². The molecule has 0 bridgehead atoms. The number of alkyl halides is 3. The van der Waals surface area contributed by atoms with E-state index in [0.29, 0.717) is 6.07 Å². The van der Waals surface area contributed by atoms with Crippen LogP contribution in [0.15, 0.2) is 28.0 Å². The minimum absolute atomic E-state index is 0.166. The molecule has 0 spiro atoms. The van der Waals surface area contributed by atoms with Crippen LogP contribution in [0.4, 0.5) is 13.2 Å².